The molecule has 0 saturated heterocycles. The van der Waals surface area contributed by atoms with E-state index in [1.165, 1.54) is 11.3 Å². The molecular weight excluding hydrogens is 478 g/mol. The Balaban J connectivity index is 1.40. The Morgan fingerprint density at radius 3 is 2.63 bits per heavy atom. The molecule has 0 aliphatic rings. The van der Waals surface area contributed by atoms with Crippen molar-refractivity contribution in [2.24, 2.45) is 0 Å². The number of benzene rings is 2. The summed E-state index contributed by atoms with van der Waals surface area (Å²) in [6, 6.07) is 19.0. The van der Waals surface area contributed by atoms with Gasteiger partial charge in [0.25, 0.3) is 0 Å². The molecule has 8 heteroatoms. The number of nitrogens with one attached hydrogen (secondary N) is 2. The highest BCUT2D eigenvalue weighted by molar-refractivity contribution is 7.19. The Morgan fingerprint density at radius 1 is 1.06 bits per heavy atom. The van der Waals surface area contributed by atoms with E-state index in [2.05, 4.69) is 15.6 Å². The van der Waals surface area contributed by atoms with Gasteiger partial charge in [-0.2, -0.15) is 11.3 Å². The summed E-state index contributed by atoms with van der Waals surface area (Å²) < 4.78 is 5.93. The first kappa shape index (κ1) is 24.6. The minimum absolute atomic E-state index is 0.163. The maximum absolute atomic E-state index is 12.9. The predicted molar refractivity (Wildman–Crippen MR) is 142 cm³/mol. The minimum atomic E-state index is -0.606. The number of thiazole rings is 1. The van der Waals surface area contributed by atoms with Crippen molar-refractivity contribution in [1.29, 1.82) is 0 Å². The van der Waals surface area contributed by atoms with Gasteiger partial charge in [-0.05, 0) is 52.1 Å². The normalized spacial score (nSPS) is 11.6. The fraction of sp³-hybridized carbons (Fsp3) is 0.222. The van der Waals surface area contributed by atoms with Crippen LogP contribution in [0, 0.1) is 0 Å². The Kier molecular flexibility index (Phi) is 8.64. The van der Waals surface area contributed by atoms with E-state index in [-0.39, 0.29) is 18.2 Å². The maximum atomic E-state index is 12.9. The number of amides is 2. The molecule has 4 aromatic rings. The zero-order valence-corrected chi connectivity index (χ0v) is 21.0. The largest absolute Gasteiger partial charge is 0.489 e. The number of rotatable bonds is 11. The molecule has 0 radical (unpaired) electrons. The van der Waals surface area contributed by atoms with Crippen molar-refractivity contribution in [3.05, 3.63) is 88.7 Å². The quantitative estimate of drug-likeness (QED) is 0.265. The number of hydrogen-bond donors (Lipinski definition) is 2. The highest BCUT2D eigenvalue weighted by Crippen LogP contribution is 2.32. The molecule has 35 heavy (non-hydrogen) atoms. The first-order chi connectivity index (χ1) is 17.1. The van der Waals surface area contributed by atoms with Crippen LogP contribution in [0.5, 0.6) is 5.75 Å². The SMILES string of the molecule is CCC[C@H](NC(=O)Cc1ccsc1)C(=O)Nc1ncc(-c2ccccc2COc2ccccc2)s1. The molecule has 0 aliphatic carbocycles. The Morgan fingerprint density at radius 2 is 1.86 bits per heavy atom. The van der Waals surface area contributed by atoms with E-state index in [4.69, 9.17) is 4.74 Å². The number of hydrogen-bond acceptors (Lipinski definition) is 6. The summed E-state index contributed by atoms with van der Waals surface area (Å²) in [5, 5.41) is 10.1. The standard InChI is InChI=1S/C27H27N3O3S2/c1-2-8-23(29-25(31)15-19-13-14-34-18-19)26(32)30-27-28-16-24(35-27)22-12-7-6-9-20(22)17-33-21-10-4-3-5-11-21/h3-7,9-14,16,18,23H,2,8,15,17H2,1H3,(H,29,31)(H,28,30,32)/t23-/m0/s1. The van der Waals surface area contributed by atoms with Crippen LogP contribution >= 0.6 is 22.7 Å². The zero-order chi connectivity index (χ0) is 24.5. The van der Waals surface area contributed by atoms with E-state index >= 15 is 0 Å². The molecule has 1 atom stereocenters. The van der Waals surface area contributed by atoms with Crippen molar-refractivity contribution in [3.63, 3.8) is 0 Å². The molecule has 6 nitrogen and oxygen atoms in total. The summed E-state index contributed by atoms with van der Waals surface area (Å²) in [5.74, 6) is 0.388. The molecule has 180 valence electrons. The average molecular weight is 506 g/mol. The number of aromatic nitrogens is 1. The van der Waals surface area contributed by atoms with E-state index in [0.717, 1.165) is 33.7 Å². The molecule has 2 aromatic heterocycles. The van der Waals surface area contributed by atoms with Crippen LogP contribution in [-0.2, 0) is 22.6 Å². The fourth-order valence-corrected chi connectivity index (χ4v) is 5.14. The third-order valence-electron chi connectivity index (χ3n) is 5.33. The highest BCUT2D eigenvalue weighted by atomic mass is 32.1. The maximum Gasteiger partial charge on any atom is 0.248 e. The molecule has 2 aromatic carbocycles. The first-order valence-electron chi connectivity index (χ1n) is 11.5. The molecule has 0 bridgehead atoms. The number of nitrogens with zero attached hydrogens (tertiary/aromatic N) is 1. The Bertz CT molecular complexity index is 1240. The lowest BCUT2D eigenvalue weighted by molar-refractivity contribution is -0.126. The monoisotopic (exact) mass is 505 g/mol. The summed E-state index contributed by atoms with van der Waals surface area (Å²) in [5.41, 5.74) is 2.99. The van der Waals surface area contributed by atoms with Gasteiger partial charge in [0, 0.05) is 6.20 Å². The average Bonchev–Trinajstić information content (AvgIpc) is 3.55. The van der Waals surface area contributed by atoms with Gasteiger partial charge in [-0.1, -0.05) is 67.1 Å². The van der Waals surface area contributed by atoms with Crippen LogP contribution in [0.2, 0.25) is 0 Å². The number of para-hydroxylation sites is 1. The molecule has 4 rings (SSSR count). The van der Waals surface area contributed by atoms with E-state index in [1.807, 2.05) is 78.3 Å². The Hall–Kier alpha value is -3.49. The summed E-state index contributed by atoms with van der Waals surface area (Å²) in [6.07, 6.45) is 3.35. The van der Waals surface area contributed by atoms with Crippen molar-refractivity contribution in [2.75, 3.05) is 5.32 Å². The summed E-state index contributed by atoms with van der Waals surface area (Å²) in [6.45, 7) is 2.41. The molecule has 2 N–H and O–H groups in total. The number of carbonyl (C=O) groups excluding carboxylic acids is 2. The molecule has 2 heterocycles. The molecular formula is C27H27N3O3S2. The van der Waals surface area contributed by atoms with Crippen molar-refractivity contribution in [3.8, 4) is 16.2 Å². The topological polar surface area (TPSA) is 80.3 Å². The van der Waals surface area contributed by atoms with Crippen molar-refractivity contribution in [2.45, 2.75) is 38.8 Å². The van der Waals surface area contributed by atoms with Crippen molar-refractivity contribution < 1.29 is 14.3 Å². The summed E-state index contributed by atoms with van der Waals surface area (Å²) in [7, 11) is 0. The number of ether oxygens (including phenoxy) is 1. The van der Waals surface area contributed by atoms with Gasteiger partial charge in [-0.3, -0.25) is 9.59 Å². The van der Waals surface area contributed by atoms with Crippen LogP contribution in [0.3, 0.4) is 0 Å². The van der Waals surface area contributed by atoms with E-state index in [9.17, 15) is 9.59 Å². The zero-order valence-electron chi connectivity index (χ0n) is 19.4. The van der Waals surface area contributed by atoms with Gasteiger partial charge in [-0.15, -0.1) is 0 Å². The highest BCUT2D eigenvalue weighted by Gasteiger charge is 2.21. The van der Waals surface area contributed by atoms with E-state index in [1.54, 1.807) is 17.5 Å². The smallest absolute Gasteiger partial charge is 0.248 e. The molecule has 2 amide bonds. The number of carbonyl (C=O) groups is 2. The molecule has 0 spiro atoms. The first-order valence-corrected chi connectivity index (χ1v) is 13.2. The van der Waals surface area contributed by atoms with Crippen LogP contribution in [-0.4, -0.2) is 22.8 Å². The second-order valence-corrected chi connectivity index (χ2v) is 9.81. The second-order valence-electron chi connectivity index (χ2n) is 7.99. The van der Waals surface area contributed by atoms with Gasteiger partial charge in [0.1, 0.15) is 18.4 Å². The van der Waals surface area contributed by atoms with Gasteiger partial charge in [0.05, 0.1) is 11.3 Å². The van der Waals surface area contributed by atoms with Crippen LogP contribution in [0.15, 0.2) is 77.6 Å². The molecule has 0 saturated carbocycles. The fourth-order valence-electron chi connectivity index (χ4n) is 3.59. The molecule has 0 aliphatic heterocycles. The lowest BCUT2D eigenvalue weighted by Crippen LogP contribution is -2.44. The minimum Gasteiger partial charge on any atom is -0.489 e. The number of thiophene rings is 1. The molecule has 0 fully saturated rings. The van der Waals surface area contributed by atoms with Gasteiger partial charge in [0.2, 0.25) is 11.8 Å². The van der Waals surface area contributed by atoms with Gasteiger partial charge in [0.15, 0.2) is 5.13 Å². The van der Waals surface area contributed by atoms with Crippen LogP contribution < -0.4 is 15.4 Å². The second kappa shape index (κ2) is 12.3. The lowest BCUT2D eigenvalue weighted by Gasteiger charge is -2.17. The number of anilines is 1. The third-order valence-corrected chi connectivity index (χ3v) is 7.01. The third kappa shape index (κ3) is 7.00. The molecule has 0 unspecified atom stereocenters. The van der Waals surface area contributed by atoms with E-state index < -0.39 is 6.04 Å². The predicted octanol–water partition coefficient (Wildman–Crippen LogP) is 5.92. The van der Waals surface area contributed by atoms with E-state index in [0.29, 0.717) is 18.2 Å². The summed E-state index contributed by atoms with van der Waals surface area (Å²) >= 11 is 2.95. The van der Waals surface area contributed by atoms with Crippen molar-refractivity contribution in [1.82, 2.24) is 10.3 Å². The summed E-state index contributed by atoms with van der Waals surface area (Å²) in [4.78, 5) is 30.7. The van der Waals surface area contributed by atoms with Gasteiger partial charge in [-0.25, -0.2) is 4.98 Å². The Labute approximate surface area is 213 Å². The van der Waals surface area contributed by atoms with Crippen LogP contribution in [0.1, 0.15) is 30.9 Å². The lowest BCUT2D eigenvalue weighted by atomic mass is 10.1. The van der Waals surface area contributed by atoms with Gasteiger partial charge >= 0.3 is 0 Å². The van der Waals surface area contributed by atoms with Crippen LogP contribution in [0.25, 0.3) is 10.4 Å². The van der Waals surface area contributed by atoms with Gasteiger partial charge < -0.3 is 15.4 Å². The van der Waals surface area contributed by atoms with Crippen LogP contribution in [0.4, 0.5) is 5.13 Å². The van der Waals surface area contributed by atoms with Crippen molar-refractivity contribution >= 4 is 39.6 Å².